The van der Waals surface area contributed by atoms with Gasteiger partial charge >= 0.3 is 0 Å². The lowest BCUT2D eigenvalue weighted by Gasteiger charge is -2.32. The SMILES string of the molecule is CCOCC(=O)N1CCC(CCNC)CC1.Cl. The Balaban J connectivity index is 0.00000256. The molecule has 0 unspecified atom stereocenters. The first kappa shape index (κ1) is 16.7. The van der Waals surface area contributed by atoms with Crippen molar-refractivity contribution in [2.24, 2.45) is 5.92 Å². The Labute approximate surface area is 110 Å². The Morgan fingerprint density at radius 1 is 1.41 bits per heavy atom. The van der Waals surface area contributed by atoms with Crippen LogP contribution < -0.4 is 5.32 Å². The fraction of sp³-hybridized carbons (Fsp3) is 0.917. The molecule has 1 aliphatic heterocycles. The van der Waals surface area contributed by atoms with E-state index in [0.717, 1.165) is 38.4 Å². The van der Waals surface area contributed by atoms with E-state index in [-0.39, 0.29) is 24.9 Å². The topological polar surface area (TPSA) is 41.6 Å². The van der Waals surface area contributed by atoms with E-state index < -0.39 is 0 Å². The average molecular weight is 265 g/mol. The van der Waals surface area contributed by atoms with Gasteiger partial charge in [-0.25, -0.2) is 0 Å². The maximum Gasteiger partial charge on any atom is 0.248 e. The summed E-state index contributed by atoms with van der Waals surface area (Å²) < 4.78 is 5.14. The summed E-state index contributed by atoms with van der Waals surface area (Å²) in [6, 6.07) is 0. The van der Waals surface area contributed by atoms with E-state index in [1.54, 1.807) is 0 Å². The van der Waals surface area contributed by atoms with Crippen LogP contribution in [0.2, 0.25) is 0 Å². The molecule has 0 atom stereocenters. The molecule has 1 saturated heterocycles. The monoisotopic (exact) mass is 264 g/mol. The largest absolute Gasteiger partial charge is 0.372 e. The number of amides is 1. The number of hydrogen-bond donors (Lipinski definition) is 1. The number of likely N-dealkylation sites (tertiary alicyclic amines) is 1. The van der Waals surface area contributed by atoms with Crippen molar-refractivity contribution in [3.05, 3.63) is 0 Å². The van der Waals surface area contributed by atoms with Crippen LogP contribution in [0.1, 0.15) is 26.2 Å². The van der Waals surface area contributed by atoms with Gasteiger partial charge in [0.05, 0.1) is 0 Å². The van der Waals surface area contributed by atoms with Crippen LogP contribution in [0.5, 0.6) is 0 Å². The molecule has 4 nitrogen and oxygen atoms in total. The first-order valence-corrected chi connectivity index (χ1v) is 6.28. The highest BCUT2D eigenvalue weighted by Gasteiger charge is 2.21. The van der Waals surface area contributed by atoms with Crippen LogP contribution in [-0.4, -0.2) is 50.7 Å². The molecule has 0 saturated carbocycles. The van der Waals surface area contributed by atoms with Gasteiger partial charge in [0.25, 0.3) is 0 Å². The zero-order valence-electron chi connectivity index (χ0n) is 10.9. The summed E-state index contributed by atoms with van der Waals surface area (Å²) in [5.41, 5.74) is 0. The maximum absolute atomic E-state index is 11.7. The van der Waals surface area contributed by atoms with Gasteiger partial charge in [0, 0.05) is 19.7 Å². The molecule has 17 heavy (non-hydrogen) atoms. The van der Waals surface area contributed by atoms with Crippen LogP contribution in [0, 0.1) is 5.92 Å². The quantitative estimate of drug-likeness (QED) is 0.786. The molecule has 5 heteroatoms. The van der Waals surface area contributed by atoms with E-state index in [2.05, 4.69) is 5.32 Å². The molecule has 0 bridgehead atoms. The lowest BCUT2D eigenvalue weighted by atomic mass is 9.93. The molecule has 1 N–H and O–H groups in total. The second-order valence-electron chi connectivity index (χ2n) is 4.35. The number of piperidine rings is 1. The van der Waals surface area contributed by atoms with Crippen LogP contribution in [0.25, 0.3) is 0 Å². The molecule has 0 aromatic rings. The third-order valence-corrected chi connectivity index (χ3v) is 3.20. The number of halogens is 1. The number of carbonyl (C=O) groups is 1. The van der Waals surface area contributed by atoms with E-state index in [9.17, 15) is 4.79 Å². The van der Waals surface area contributed by atoms with Gasteiger partial charge in [-0.3, -0.25) is 4.79 Å². The van der Waals surface area contributed by atoms with Gasteiger partial charge in [0.15, 0.2) is 0 Å². The smallest absolute Gasteiger partial charge is 0.248 e. The summed E-state index contributed by atoms with van der Waals surface area (Å²) in [6.07, 6.45) is 3.50. The minimum Gasteiger partial charge on any atom is -0.372 e. The molecule has 102 valence electrons. The molecule has 0 aliphatic carbocycles. The Morgan fingerprint density at radius 3 is 2.59 bits per heavy atom. The first-order chi connectivity index (χ1) is 7.77. The summed E-state index contributed by atoms with van der Waals surface area (Å²) in [4.78, 5) is 13.6. The van der Waals surface area contributed by atoms with Crippen molar-refractivity contribution in [3.63, 3.8) is 0 Å². The van der Waals surface area contributed by atoms with E-state index in [1.165, 1.54) is 6.42 Å². The summed E-state index contributed by atoms with van der Waals surface area (Å²) in [6.45, 7) is 5.66. The highest BCUT2D eigenvalue weighted by molar-refractivity contribution is 5.85. The Hall–Kier alpha value is -0.320. The molecular formula is C12H25ClN2O2. The first-order valence-electron chi connectivity index (χ1n) is 6.28. The molecule has 0 aromatic carbocycles. The number of hydrogen-bond acceptors (Lipinski definition) is 3. The fourth-order valence-corrected chi connectivity index (χ4v) is 2.10. The summed E-state index contributed by atoms with van der Waals surface area (Å²) >= 11 is 0. The van der Waals surface area contributed by atoms with E-state index in [4.69, 9.17) is 4.74 Å². The zero-order valence-corrected chi connectivity index (χ0v) is 11.7. The second kappa shape index (κ2) is 9.68. The lowest BCUT2D eigenvalue weighted by Crippen LogP contribution is -2.40. The third-order valence-electron chi connectivity index (χ3n) is 3.20. The number of carbonyl (C=O) groups excluding carboxylic acids is 1. The Morgan fingerprint density at radius 2 is 2.06 bits per heavy atom. The van der Waals surface area contributed by atoms with Crippen LogP contribution in [0.15, 0.2) is 0 Å². The highest BCUT2D eigenvalue weighted by Crippen LogP contribution is 2.19. The number of ether oxygens (including phenoxy) is 1. The molecule has 1 heterocycles. The molecule has 1 fully saturated rings. The van der Waals surface area contributed by atoms with Crippen LogP contribution in [-0.2, 0) is 9.53 Å². The Kier molecular flexibility index (Phi) is 9.50. The second-order valence-corrected chi connectivity index (χ2v) is 4.35. The molecule has 1 amide bonds. The van der Waals surface area contributed by atoms with Gasteiger partial charge in [0.2, 0.25) is 5.91 Å². The number of nitrogens with one attached hydrogen (secondary N) is 1. The number of rotatable bonds is 6. The molecule has 1 rings (SSSR count). The van der Waals surface area contributed by atoms with Crippen molar-refractivity contribution in [2.75, 3.05) is 39.9 Å². The predicted octanol–water partition coefficient (Wildman–Crippen LogP) is 1.29. The molecule has 0 aromatic heterocycles. The minimum absolute atomic E-state index is 0. The predicted molar refractivity (Wildman–Crippen MR) is 71.6 cm³/mol. The average Bonchev–Trinajstić information content (AvgIpc) is 2.34. The van der Waals surface area contributed by atoms with Crippen molar-refractivity contribution in [1.82, 2.24) is 10.2 Å². The summed E-state index contributed by atoms with van der Waals surface area (Å²) in [5, 5.41) is 3.18. The highest BCUT2D eigenvalue weighted by atomic mass is 35.5. The summed E-state index contributed by atoms with van der Waals surface area (Å²) in [7, 11) is 1.99. The zero-order chi connectivity index (χ0) is 11.8. The van der Waals surface area contributed by atoms with Gasteiger partial charge in [-0.15, -0.1) is 12.4 Å². The van der Waals surface area contributed by atoms with Crippen LogP contribution >= 0.6 is 12.4 Å². The van der Waals surface area contributed by atoms with Crippen molar-refractivity contribution >= 4 is 18.3 Å². The molecular weight excluding hydrogens is 240 g/mol. The van der Waals surface area contributed by atoms with Gasteiger partial charge < -0.3 is 15.0 Å². The van der Waals surface area contributed by atoms with Gasteiger partial charge in [-0.05, 0) is 45.7 Å². The van der Waals surface area contributed by atoms with Gasteiger partial charge in [0.1, 0.15) is 6.61 Å². The van der Waals surface area contributed by atoms with E-state index in [1.807, 2.05) is 18.9 Å². The molecule has 0 radical (unpaired) electrons. The van der Waals surface area contributed by atoms with Crippen LogP contribution in [0.4, 0.5) is 0 Å². The van der Waals surface area contributed by atoms with Crippen molar-refractivity contribution in [1.29, 1.82) is 0 Å². The van der Waals surface area contributed by atoms with Crippen LogP contribution in [0.3, 0.4) is 0 Å². The van der Waals surface area contributed by atoms with Crippen molar-refractivity contribution in [2.45, 2.75) is 26.2 Å². The minimum atomic E-state index is 0. The third kappa shape index (κ3) is 6.24. The Bertz CT molecular complexity index is 207. The lowest BCUT2D eigenvalue weighted by molar-refractivity contribution is -0.137. The van der Waals surface area contributed by atoms with Gasteiger partial charge in [-0.1, -0.05) is 0 Å². The number of nitrogens with zero attached hydrogens (tertiary/aromatic N) is 1. The van der Waals surface area contributed by atoms with Crippen molar-refractivity contribution in [3.8, 4) is 0 Å². The summed E-state index contributed by atoms with van der Waals surface area (Å²) in [5.74, 6) is 0.928. The van der Waals surface area contributed by atoms with Crippen molar-refractivity contribution < 1.29 is 9.53 Å². The fourth-order valence-electron chi connectivity index (χ4n) is 2.10. The maximum atomic E-state index is 11.7. The normalized spacial score (nSPS) is 16.7. The molecule has 1 aliphatic rings. The van der Waals surface area contributed by atoms with Gasteiger partial charge in [-0.2, -0.15) is 0 Å². The van der Waals surface area contributed by atoms with E-state index >= 15 is 0 Å². The molecule has 0 spiro atoms. The van der Waals surface area contributed by atoms with E-state index in [0.29, 0.717) is 6.61 Å². The standard InChI is InChI=1S/C12H24N2O2.ClH/c1-3-16-10-12(15)14-8-5-11(6-9-14)4-7-13-2;/h11,13H,3-10H2,1-2H3;1H.